The van der Waals surface area contributed by atoms with E-state index in [1.165, 1.54) is 6.08 Å². The first-order valence-corrected chi connectivity index (χ1v) is 7.35. The number of sulfone groups is 1. The highest BCUT2D eigenvalue weighted by Crippen LogP contribution is 2.16. The molecule has 0 N–H and O–H groups in total. The number of rotatable bonds is 2. The summed E-state index contributed by atoms with van der Waals surface area (Å²) >= 11 is 0. The lowest BCUT2D eigenvalue weighted by atomic mass is 9.91. The van der Waals surface area contributed by atoms with Crippen LogP contribution in [0.25, 0.3) is 0 Å². The van der Waals surface area contributed by atoms with Gasteiger partial charge in [0, 0.05) is 11.5 Å². The molecule has 19 heavy (non-hydrogen) atoms. The third-order valence-electron chi connectivity index (χ3n) is 2.06. The van der Waals surface area contributed by atoms with Gasteiger partial charge in [-0.2, -0.15) is 0 Å². The Labute approximate surface area is 117 Å². The molecule has 0 aliphatic carbocycles. The molecular formula is C15H24O3S. The van der Waals surface area contributed by atoms with E-state index in [1.807, 2.05) is 20.8 Å². The van der Waals surface area contributed by atoms with Crippen LogP contribution in [0, 0.1) is 5.41 Å². The lowest BCUT2D eigenvalue weighted by Gasteiger charge is -2.14. The molecule has 0 radical (unpaired) electrons. The summed E-state index contributed by atoms with van der Waals surface area (Å²) in [7, 11) is -3.15. The van der Waals surface area contributed by atoms with E-state index >= 15 is 0 Å². The lowest BCUT2D eigenvalue weighted by Crippen LogP contribution is -2.25. The van der Waals surface area contributed by atoms with Gasteiger partial charge < -0.3 is 0 Å². The molecule has 4 heteroatoms. The van der Waals surface area contributed by atoms with Crippen molar-refractivity contribution in [3.8, 4) is 0 Å². The van der Waals surface area contributed by atoms with Gasteiger partial charge in [0.2, 0.25) is 0 Å². The van der Waals surface area contributed by atoms with Crippen molar-refractivity contribution in [1.29, 1.82) is 0 Å². The molecular weight excluding hydrogens is 260 g/mol. The molecule has 0 saturated carbocycles. The van der Waals surface area contributed by atoms with E-state index in [4.69, 9.17) is 0 Å². The van der Waals surface area contributed by atoms with Gasteiger partial charge >= 0.3 is 0 Å². The third-order valence-corrected chi connectivity index (χ3v) is 4.25. The monoisotopic (exact) mass is 284 g/mol. The van der Waals surface area contributed by atoms with Crippen molar-refractivity contribution in [2.45, 2.75) is 46.3 Å². The maximum Gasteiger partial charge on any atom is 0.183 e. The Morgan fingerprint density at radius 2 is 1.42 bits per heavy atom. The second-order valence-electron chi connectivity index (χ2n) is 5.94. The van der Waals surface area contributed by atoms with Crippen LogP contribution in [0.15, 0.2) is 36.1 Å². The fourth-order valence-electron chi connectivity index (χ4n) is 0.596. The van der Waals surface area contributed by atoms with Crippen LogP contribution in [0.4, 0.5) is 0 Å². The Hall–Kier alpha value is -1.34. The largest absolute Gasteiger partial charge is 0.294 e. The van der Waals surface area contributed by atoms with Crippen LogP contribution in [-0.2, 0) is 14.6 Å². The zero-order chi connectivity index (χ0) is 15.9. The van der Waals surface area contributed by atoms with E-state index in [0.717, 1.165) is 5.41 Å². The van der Waals surface area contributed by atoms with E-state index in [1.54, 1.807) is 20.8 Å². The molecule has 0 aromatic heterocycles. The number of carbonyl (C=O) groups excluding carboxylic acids is 1. The average Bonchev–Trinajstić information content (AvgIpc) is 2.15. The van der Waals surface area contributed by atoms with E-state index < -0.39 is 14.6 Å². The minimum Gasteiger partial charge on any atom is -0.294 e. The first-order chi connectivity index (χ1) is 8.29. The van der Waals surface area contributed by atoms with Gasteiger partial charge in [0.05, 0.1) is 10.2 Å². The quantitative estimate of drug-likeness (QED) is 0.576. The van der Waals surface area contributed by atoms with Crippen LogP contribution in [0.3, 0.4) is 0 Å². The van der Waals surface area contributed by atoms with Gasteiger partial charge in [0.1, 0.15) is 0 Å². The minimum atomic E-state index is -3.15. The van der Waals surface area contributed by atoms with Gasteiger partial charge in [-0.1, -0.05) is 33.9 Å². The zero-order valence-electron chi connectivity index (χ0n) is 12.7. The second-order valence-corrected chi connectivity index (χ2v) is 8.49. The summed E-state index contributed by atoms with van der Waals surface area (Å²) in [4.78, 5) is 10.9. The molecule has 0 amide bonds. The van der Waals surface area contributed by atoms with Gasteiger partial charge in [0.25, 0.3) is 0 Å². The standard InChI is InChI=1S/C8H12O.C7H12O2S/c1-5-6-7(9)8(2,3)4;1-5-6-10(8,9)7(2,3)4/h6H,1H2,2-4H3;6H,1H2,2-4H3. The normalized spacial score (nSPS) is 11.3. The van der Waals surface area contributed by atoms with E-state index in [2.05, 4.69) is 24.6 Å². The average molecular weight is 284 g/mol. The number of hydrogen-bond donors (Lipinski definition) is 0. The van der Waals surface area contributed by atoms with Crippen LogP contribution >= 0.6 is 0 Å². The van der Waals surface area contributed by atoms with Crippen molar-refractivity contribution in [2.24, 2.45) is 5.41 Å². The number of ketones is 1. The van der Waals surface area contributed by atoms with Crippen molar-refractivity contribution >= 4 is 15.6 Å². The molecule has 0 unspecified atom stereocenters. The van der Waals surface area contributed by atoms with E-state index in [0.29, 0.717) is 0 Å². The van der Waals surface area contributed by atoms with Crippen molar-refractivity contribution < 1.29 is 13.2 Å². The summed E-state index contributed by atoms with van der Waals surface area (Å²) in [5.74, 6) is 0.0671. The molecule has 0 spiro atoms. The predicted molar refractivity (Wildman–Crippen MR) is 80.6 cm³/mol. The summed E-state index contributed by atoms with van der Waals surface area (Å²) in [5.41, 5.74) is 4.41. The molecule has 0 aromatic carbocycles. The molecule has 0 heterocycles. The Balaban J connectivity index is 0. The van der Waals surface area contributed by atoms with Gasteiger partial charge in [-0.25, -0.2) is 8.42 Å². The van der Waals surface area contributed by atoms with Crippen LogP contribution in [0.1, 0.15) is 41.5 Å². The van der Waals surface area contributed by atoms with E-state index in [-0.39, 0.29) is 11.2 Å². The maximum absolute atomic E-state index is 11.1. The minimum absolute atomic E-state index is 0.0671. The molecule has 3 nitrogen and oxygen atoms in total. The molecule has 108 valence electrons. The Morgan fingerprint density at radius 3 is 1.53 bits per heavy atom. The van der Waals surface area contributed by atoms with Gasteiger partial charge in [-0.15, -0.1) is 11.5 Å². The lowest BCUT2D eigenvalue weighted by molar-refractivity contribution is -0.121. The molecule has 0 bridgehead atoms. The van der Waals surface area contributed by atoms with Crippen LogP contribution in [-0.4, -0.2) is 18.9 Å². The Bertz CT molecular complexity index is 499. The highest BCUT2D eigenvalue weighted by Gasteiger charge is 2.25. The molecule has 0 aromatic rings. The smallest absolute Gasteiger partial charge is 0.183 e. The van der Waals surface area contributed by atoms with Crippen LogP contribution in [0.5, 0.6) is 0 Å². The van der Waals surface area contributed by atoms with Crippen LogP contribution in [0.2, 0.25) is 0 Å². The SMILES string of the molecule is C=C=CC(=O)C(C)(C)C.C=C=CS(=O)(=O)C(C)(C)C. The van der Waals surface area contributed by atoms with Gasteiger partial charge in [0.15, 0.2) is 15.6 Å². The molecule has 0 aliphatic rings. The predicted octanol–water partition coefficient (Wildman–Crippen LogP) is 3.44. The first kappa shape index (κ1) is 20.0. The summed E-state index contributed by atoms with van der Waals surface area (Å²) in [6, 6.07) is 0. The van der Waals surface area contributed by atoms with Crippen molar-refractivity contribution in [1.82, 2.24) is 0 Å². The summed E-state index contributed by atoms with van der Waals surface area (Å²) in [6.07, 6.45) is 1.38. The van der Waals surface area contributed by atoms with Crippen LogP contribution < -0.4 is 0 Å². The highest BCUT2D eigenvalue weighted by atomic mass is 32.2. The highest BCUT2D eigenvalue weighted by molar-refractivity contribution is 7.95. The number of allylic oxidation sites excluding steroid dienone is 1. The fourth-order valence-corrected chi connectivity index (χ4v) is 1.17. The van der Waals surface area contributed by atoms with Crippen molar-refractivity contribution in [3.63, 3.8) is 0 Å². The third kappa shape index (κ3) is 8.39. The summed E-state index contributed by atoms with van der Waals surface area (Å²) < 4.78 is 21.4. The molecule has 0 atom stereocenters. The Kier molecular flexibility index (Phi) is 7.68. The second kappa shape index (κ2) is 7.30. The summed E-state index contributed by atoms with van der Waals surface area (Å²) in [6.45, 7) is 17.0. The maximum atomic E-state index is 11.1. The van der Waals surface area contributed by atoms with E-state index in [9.17, 15) is 13.2 Å². The fraction of sp³-hybridized carbons (Fsp3) is 0.533. The first-order valence-electron chi connectivity index (χ1n) is 5.80. The number of carbonyl (C=O) groups is 1. The molecule has 0 aliphatic heterocycles. The van der Waals surface area contributed by atoms with Crippen molar-refractivity contribution in [3.05, 3.63) is 36.1 Å². The topological polar surface area (TPSA) is 51.2 Å². The molecule has 0 rings (SSSR count). The van der Waals surface area contributed by atoms with Gasteiger partial charge in [-0.05, 0) is 20.8 Å². The molecule has 0 fully saturated rings. The zero-order valence-corrected chi connectivity index (χ0v) is 13.5. The van der Waals surface area contributed by atoms with Crippen molar-refractivity contribution in [2.75, 3.05) is 0 Å². The van der Waals surface area contributed by atoms with Gasteiger partial charge in [-0.3, -0.25) is 4.79 Å². The summed E-state index contributed by atoms with van der Waals surface area (Å²) in [5, 5.41) is 1.01. The number of hydrogen-bond acceptors (Lipinski definition) is 3. The Morgan fingerprint density at radius 1 is 1.00 bits per heavy atom. The molecule has 0 saturated heterocycles.